The van der Waals surface area contributed by atoms with Gasteiger partial charge in [-0.3, -0.25) is 9.69 Å². The average Bonchev–Trinajstić information content (AvgIpc) is 2.42. The van der Waals surface area contributed by atoms with E-state index >= 15 is 0 Å². The summed E-state index contributed by atoms with van der Waals surface area (Å²) in [6.45, 7) is 5.36. The Morgan fingerprint density at radius 2 is 1.76 bits per heavy atom. The molecule has 0 spiro atoms. The Labute approximate surface area is 128 Å². The van der Waals surface area contributed by atoms with Crippen molar-refractivity contribution < 1.29 is 4.79 Å². The van der Waals surface area contributed by atoms with Crippen LogP contribution < -0.4 is 5.32 Å². The number of nitrogens with one attached hydrogen (secondary N) is 1. The molecule has 21 heavy (non-hydrogen) atoms. The molecule has 4 saturated carbocycles. The van der Waals surface area contributed by atoms with Crippen LogP contribution in [0.1, 0.15) is 58.3 Å². The van der Waals surface area contributed by atoms with Crippen LogP contribution >= 0.6 is 0 Å². The Morgan fingerprint density at radius 3 is 2.38 bits per heavy atom. The van der Waals surface area contributed by atoms with Crippen molar-refractivity contribution in [3.8, 4) is 0 Å². The van der Waals surface area contributed by atoms with Gasteiger partial charge < -0.3 is 5.32 Å². The lowest BCUT2D eigenvalue weighted by atomic mass is 9.48. The van der Waals surface area contributed by atoms with Gasteiger partial charge in [0.05, 0.1) is 6.54 Å². The lowest BCUT2D eigenvalue weighted by molar-refractivity contribution is -0.128. The molecule has 118 valence electrons. The molecule has 0 radical (unpaired) electrons. The van der Waals surface area contributed by atoms with Crippen molar-refractivity contribution in [3.63, 3.8) is 0 Å². The Morgan fingerprint density at radius 1 is 1.10 bits per heavy atom. The third-order valence-corrected chi connectivity index (χ3v) is 6.72. The highest BCUT2D eigenvalue weighted by Crippen LogP contribution is 2.59. The molecule has 2 atom stereocenters. The van der Waals surface area contributed by atoms with Gasteiger partial charge >= 0.3 is 0 Å². The van der Waals surface area contributed by atoms with Gasteiger partial charge in [0.25, 0.3) is 0 Å². The standard InChI is InChI=1S/C18H30N2O/c1-18-9-13-7-14(10-18)17(15(8-13)11-18)19-16(21)12-20-5-3-2-4-6-20/h13-15,17H,2-12H2,1H3,(H,19,21). The molecule has 3 heteroatoms. The molecule has 4 bridgehead atoms. The van der Waals surface area contributed by atoms with E-state index in [0.717, 1.165) is 30.8 Å². The summed E-state index contributed by atoms with van der Waals surface area (Å²) in [4.78, 5) is 14.8. The van der Waals surface area contributed by atoms with Crippen LogP contribution in [0.4, 0.5) is 0 Å². The van der Waals surface area contributed by atoms with Crippen LogP contribution in [0.25, 0.3) is 0 Å². The van der Waals surface area contributed by atoms with Crippen LogP contribution in [-0.2, 0) is 4.79 Å². The summed E-state index contributed by atoms with van der Waals surface area (Å²) in [5, 5.41) is 3.45. The molecule has 0 aromatic rings. The molecule has 3 nitrogen and oxygen atoms in total. The van der Waals surface area contributed by atoms with E-state index in [-0.39, 0.29) is 0 Å². The number of hydrogen-bond donors (Lipinski definition) is 1. The van der Waals surface area contributed by atoms with Crippen molar-refractivity contribution in [1.82, 2.24) is 10.2 Å². The largest absolute Gasteiger partial charge is 0.352 e. The molecule has 5 fully saturated rings. The fourth-order valence-electron chi connectivity index (χ4n) is 6.22. The first-order valence-corrected chi connectivity index (χ1v) is 9.13. The Hall–Kier alpha value is -0.570. The summed E-state index contributed by atoms with van der Waals surface area (Å²) >= 11 is 0. The zero-order valence-electron chi connectivity index (χ0n) is 13.4. The molecule has 0 aromatic carbocycles. The topological polar surface area (TPSA) is 32.3 Å². The Balaban J connectivity index is 1.35. The number of rotatable bonds is 3. The SMILES string of the molecule is CC12CC3CC(C1)C(NC(=O)CN1CCCCC1)C(C3)C2. The van der Waals surface area contributed by atoms with Gasteiger partial charge in [-0.15, -0.1) is 0 Å². The summed E-state index contributed by atoms with van der Waals surface area (Å²) in [6, 6.07) is 0.493. The molecule has 1 heterocycles. The van der Waals surface area contributed by atoms with E-state index in [2.05, 4.69) is 17.1 Å². The fraction of sp³-hybridized carbons (Fsp3) is 0.944. The predicted molar refractivity (Wildman–Crippen MR) is 83.9 cm³/mol. The van der Waals surface area contributed by atoms with Gasteiger partial charge in [0.1, 0.15) is 0 Å². The zero-order chi connectivity index (χ0) is 14.4. The first-order chi connectivity index (χ1) is 10.1. The molecule has 1 saturated heterocycles. The van der Waals surface area contributed by atoms with Gasteiger partial charge in [-0.2, -0.15) is 0 Å². The minimum Gasteiger partial charge on any atom is -0.352 e. The highest BCUT2D eigenvalue weighted by atomic mass is 16.2. The number of nitrogens with zero attached hydrogens (tertiary/aromatic N) is 1. The van der Waals surface area contributed by atoms with E-state index in [4.69, 9.17) is 0 Å². The summed E-state index contributed by atoms with van der Waals surface area (Å²) in [5.74, 6) is 2.79. The normalized spacial score (nSPS) is 45.8. The quantitative estimate of drug-likeness (QED) is 0.867. The predicted octanol–water partition coefficient (Wildman–Crippen LogP) is 2.80. The van der Waals surface area contributed by atoms with E-state index in [1.54, 1.807) is 0 Å². The highest BCUT2D eigenvalue weighted by molar-refractivity contribution is 5.78. The molecule has 4 aliphatic carbocycles. The summed E-state index contributed by atoms with van der Waals surface area (Å²) < 4.78 is 0. The number of hydrogen-bond acceptors (Lipinski definition) is 2. The lowest BCUT2D eigenvalue weighted by Crippen LogP contribution is -2.59. The molecule has 5 aliphatic rings. The van der Waals surface area contributed by atoms with Crippen molar-refractivity contribution in [1.29, 1.82) is 0 Å². The Bertz CT molecular complexity index is 399. The fourth-order valence-corrected chi connectivity index (χ4v) is 6.22. The minimum absolute atomic E-state index is 0.291. The number of piperidine rings is 1. The van der Waals surface area contributed by atoms with Crippen LogP contribution in [0.3, 0.4) is 0 Å². The van der Waals surface area contributed by atoms with Gasteiger partial charge in [0.2, 0.25) is 5.91 Å². The van der Waals surface area contributed by atoms with Crippen LogP contribution in [0.2, 0.25) is 0 Å². The van der Waals surface area contributed by atoms with Gasteiger partial charge in [-0.05, 0) is 81.2 Å². The maximum absolute atomic E-state index is 12.4. The first kappa shape index (κ1) is 14.0. The molecule has 0 aromatic heterocycles. The van der Waals surface area contributed by atoms with Gasteiger partial charge in [0.15, 0.2) is 0 Å². The molecule has 1 aliphatic heterocycles. The number of amides is 1. The average molecular weight is 290 g/mol. The zero-order valence-corrected chi connectivity index (χ0v) is 13.4. The van der Waals surface area contributed by atoms with E-state index in [1.807, 2.05) is 0 Å². The van der Waals surface area contributed by atoms with Crippen LogP contribution in [0.15, 0.2) is 0 Å². The summed E-state index contributed by atoms with van der Waals surface area (Å²) in [5.41, 5.74) is 0.602. The maximum atomic E-state index is 12.4. The van der Waals surface area contributed by atoms with Crippen LogP contribution in [0, 0.1) is 23.2 Å². The summed E-state index contributed by atoms with van der Waals surface area (Å²) in [6.07, 6.45) is 10.8. The van der Waals surface area contributed by atoms with E-state index < -0.39 is 0 Å². The number of carbonyl (C=O) groups excluding carboxylic acids is 1. The third kappa shape index (κ3) is 2.74. The summed E-state index contributed by atoms with van der Waals surface area (Å²) in [7, 11) is 0. The van der Waals surface area contributed by atoms with Crippen molar-refractivity contribution in [2.45, 2.75) is 64.3 Å². The number of likely N-dealkylation sites (tertiary alicyclic amines) is 1. The smallest absolute Gasteiger partial charge is 0.234 e. The van der Waals surface area contributed by atoms with Crippen LogP contribution in [0.5, 0.6) is 0 Å². The first-order valence-electron chi connectivity index (χ1n) is 9.13. The maximum Gasteiger partial charge on any atom is 0.234 e. The van der Waals surface area contributed by atoms with E-state index in [9.17, 15) is 4.79 Å². The molecule has 2 unspecified atom stereocenters. The minimum atomic E-state index is 0.291. The molecular weight excluding hydrogens is 260 g/mol. The van der Waals surface area contributed by atoms with Crippen molar-refractivity contribution in [2.75, 3.05) is 19.6 Å². The molecular formula is C18H30N2O. The van der Waals surface area contributed by atoms with E-state index in [1.165, 1.54) is 51.4 Å². The van der Waals surface area contributed by atoms with Crippen molar-refractivity contribution >= 4 is 5.91 Å². The molecule has 1 amide bonds. The second-order valence-electron chi connectivity index (χ2n) is 8.71. The van der Waals surface area contributed by atoms with E-state index in [0.29, 0.717) is 23.9 Å². The van der Waals surface area contributed by atoms with Gasteiger partial charge in [-0.1, -0.05) is 13.3 Å². The number of carbonyl (C=O) groups is 1. The second kappa shape index (κ2) is 5.26. The lowest BCUT2D eigenvalue weighted by Gasteiger charge is -2.59. The van der Waals surface area contributed by atoms with Gasteiger partial charge in [0, 0.05) is 6.04 Å². The second-order valence-corrected chi connectivity index (χ2v) is 8.71. The van der Waals surface area contributed by atoms with Crippen LogP contribution in [-0.4, -0.2) is 36.5 Å². The van der Waals surface area contributed by atoms with Crippen molar-refractivity contribution in [2.24, 2.45) is 23.2 Å². The Kier molecular flexibility index (Phi) is 3.52. The van der Waals surface area contributed by atoms with Crippen molar-refractivity contribution in [3.05, 3.63) is 0 Å². The monoisotopic (exact) mass is 290 g/mol. The molecule has 1 N–H and O–H groups in total. The third-order valence-electron chi connectivity index (χ3n) is 6.72. The van der Waals surface area contributed by atoms with Gasteiger partial charge in [-0.25, -0.2) is 0 Å². The molecule has 5 rings (SSSR count). The highest BCUT2D eigenvalue weighted by Gasteiger charge is 2.53.